The number of aromatic hydroxyl groups is 1. The Morgan fingerprint density at radius 2 is 1.35 bits per heavy atom. The highest BCUT2D eigenvalue weighted by Crippen LogP contribution is 2.38. The number of rotatable bonds is 3. The normalized spacial score (nSPS) is 10.0. The molecule has 17 heavy (non-hydrogen) atoms. The molecule has 0 aromatic heterocycles. The van der Waals surface area contributed by atoms with Crippen molar-refractivity contribution < 1.29 is 14.6 Å². The van der Waals surface area contributed by atoms with Crippen molar-refractivity contribution in [3.63, 3.8) is 0 Å². The molecule has 88 valence electrons. The topological polar surface area (TPSA) is 38.7 Å². The molecular weight excluding hydrogens is 216 g/mol. The van der Waals surface area contributed by atoms with E-state index in [4.69, 9.17) is 9.47 Å². The number of phenolic OH excluding ortho intramolecular Hbond substituents is 1. The summed E-state index contributed by atoms with van der Waals surface area (Å²) < 4.78 is 10.7. The SMILES string of the molecule is COc1cccc(OC)c1-c1ccc(O)cc1. The molecule has 0 fully saturated rings. The Bertz CT molecular complexity index is 481. The van der Waals surface area contributed by atoms with Crippen LogP contribution in [0.3, 0.4) is 0 Å². The molecule has 0 radical (unpaired) electrons. The summed E-state index contributed by atoms with van der Waals surface area (Å²) >= 11 is 0. The van der Waals surface area contributed by atoms with Crippen LogP contribution in [0.15, 0.2) is 42.5 Å². The van der Waals surface area contributed by atoms with Crippen molar-refractivity contribution in [3.05, 3.63) is 42.5 Å². The van der Waals surface area contributed by atoms with Gasteiger partial charge >= 0.3 is 0 Å². The fourth-order valence-electron chi connectivity index (χ4n) is 1.76. The number of benzene rings is 2. The average molecular weight is 230 g/mol. The first-order chi connectivity index (χ1) is 8.26. The third-order valence-electron chi connectivity index (χ3n) is 2.58. The molecular formula is C14H14O3. The first-order valence-electron chi connectivity index (χ1n) is 5.26. The van der Waals surface area contributed by atoms with Crippen LogP contribution in [-0.4, -0.2) is 19.3 Å². The van der Waals surface area contributed by atoms with Crippen LogP contribution >= 0.6 is 0 Å². The monoisotopic (exact) mass is 230 g/mol. The molecule has 0 heterocycles. The quantitative estimate of drug-likeness (QED) is 0.880. The van der Waals surface area contributed by atoms with Crippen molar-refractivity contribution in [1.29, 1.82) is 0 Å². The van der Waals surface area contributed by atoms with E-state index in [2.05, 4.69) is 0 Å². The molecule has 2 aromatic rings. The Morgan fingerprint density at radius 1 is 0.824 bits per heavy atom. The molecule has 2 rings (SSSR count). The van der Waals surface area contributed by atoms with E-state index in [9.17, 15) is 5.11 Å². The minimum Gasteiger partial charge on any atom is -0.508 e. The van der Waals surface area contributed by atoms with E-state index in [0.717, 1.165) is 22.6 Å². The maximum atomic E-state index is 9.29. The van der Waals surface area contributed by atoms with Crippen LogP contribution in [0.2, 0.25) is 0 Å². The summed E-state index contributed by atoms with van der Waals surface area (Å²) in [5, 5.41) is 9.29. The zero-order chi connectivity index (χ0) is 12.3. The maximum Gasteiger partial charge on any atom is 0.130 e. The summed E-state index contributed by atoms with van der Waals surface area (Å²) in [6, 6.07) is 12.6. The van der Waals surface area contributed by atoms with E-state index in [-0.39, 0.29) is 5.75 Å². The molecule has 0 bridgehead atoms. The highest BCUT2D eigenvalue weighted by molar-refractivity contribution is 5.77. The fourth-order valence-corrected chi connectivity index (χ4v) is 1.76. The van der Waals surface area contributed by atoms with Crippen molar-refractivity contribution in [3.8, 4) is 28.4 Å². The van der Waals surface area contributed by atoms with Gasteiger partial charge in [-0.3, -0.25) is 0 Å². The Labute approximate surface area is 100 Å². The number of phenols is 1. The molecule has 0 atom stereocenters. The molecule has 0 saturated heterocycles. The molecule has 0 spiro atoms. The van der Waals surface area contributed by atoms with Gasteiger partial charge in [0.25, 0.3) is 0 Å². The lowest BCUT2D eigenvalue weighted by atomic mass is 10.0. The zero-order valence-electron chi connectivity index (χ0n) is 9.81. The summed E-state index contributed by atoms with van der Waals surface area (Å²) in [5.74, 6) is 1.73. The Morgan fingerprint density at radius 3 is 1.82 bits per heavy atom. The van der Waals surface area contributed by atoms with Crippen LogP contribution in [0.5, 0.6) is 17.2 Å². The predicted octanol–water partition coefficient (Wildman–Crippen LogP) is 3.08. The molecule has 0 aliphatic rings. The first-order valence-corrected chi connectivity index (χ1v) is 5.26. The average Bonchev–Trinajstić information content (AvgIpc) is 2.38. The van der Waals surface area contributed by atoms with Gasteiger partial charge in [0.05, 0.1) is 19.8 Å². The fraction of sp³-hybridized carbons (Fsp3) is 0.143. The zero-order valence-corrected chi connectivity index (χ0v) is 9.81. The summed E-state index contributed by atoms with van der Waals surface area (Å²) in [6.45, 7) is 0. The van der Waals surface area contributed by atoms with Crippen LogP contribution in [0, 0.1) is 0 Å². The van der Waals surface area contributed by atoms with Crippen LogP contribution in [-0.2, 0) is 0 Å². The van der Waals surface area contributed by atoms with Gasteiger partial charge in [-0.05, 0) is 29.8 Å². The summed E-state index contributed by atoms with van der Waals surface area (Å²) in [7, 11) is 3.25. The van der Waals surface area contributed by atoms with Gasteiger partial charge in [0.15, 0.2) is 0 Å². The van der Waals surface area contributed by atoms with E-state index in [1.807, 2.05) is 30.3 Å². The van der Waals surface area contributed by atoms with Gasteiger partial charge in [-0.25, -0.2) is 0 Å². The predicted molar refractivity (Wildman–Crippen MR) is 66.6 cm³/mol. The summed E-state index contributed by atoms with van der Waals surface area (Å²) in [4.78, 5) is 0. The lowest BCUT2D eigenvalue weighted by molar-refractivity contribution is 0.397. The number of ether oxygens (including phenoxy) is 2. The molecule has 3 heteroatoms. The van der Waals surface area contributed by atoms with E-state index < -0.39 is 0 Å². The Kier molecular flexibility index (Phi) is 3.19. The van der Waals surface area contributed by atoms with Gasteiger partial charge in [-0.1, -0.05) is 18.2 Å². The highest BCUT2D eigenvalue weighted by Gasteiger charge is 2.11. The van der Waals surface area contributed by atoms with Crippen LogP contribution in [0.25, 0.3) is 11.1 Å². The molecule has 2 aromatic carbocycles. The molecule has 0 aliphatic carbocycles. The van der Waals surface area contributed by atoms with Crippen molar-refractivity contribution in [2.75, 3.05) is 14.2 Å². The molecule has 0 aliphatic heterocycles. The van der Waals surface area contributed by atoms with Crippen LogP contribution in [0.4, 0.5) is 0 Å². The molecule has 0 amide bonds. The van der Waals surface area contributed by atoms with Gasteiger partial charge < -0.3 is 14.6 Å². The van der Waals surface area contributed by atoms with Crippen molar-refractivity contribution >= 4 is 0 Å². The van der Waals surface area contributed by atoms with Gasteiger partial charge in [0.2, 0.25) is 0 Å². The highest BCUT2D eigenvalue weighted by atomic mass is 16.5. The van der Waals surface area contributed by atoms with Gasteiger partial charge in [0, 0.05) is 0 Å². The van der Waals surface area contributed by atoms with Crippen LogP contribution < -0.4 is 9.47 Å². The third kappa shape index (κ3) is 2.18. The smallest absolute Gasteiger partial charge is 0.130 e. The molecule has 0 unspecified atom stereocenters. The van der Waals surface area contributed by atoms with Crippen LogP contribution in [0.1, 0.15) is 0 Å². The second-order valence-electron chi connectivity index (χ2n) is 3.58. The van der Waals surface area contributed by atoms with E-state index in [0.29, 0.717) is 0 Å². The molecule has 3 nitrogen and oxygen atoms in total. The Hall–Kier alpha value is -2.16. The van der Waals surface area contributed by atoms with Gasteiger partial charge in [0.1, 0.15) is 17.2 Å². The second-order valence-corrected chi connectivity index (χ2v) is 3.58. The van der Waals surface area contributed by atoms with Gasteiger partial charge in [-0.2, -0.15) is 0 Å². The van der Waals surface area contributed by atoms with E-state index >= 15 is 0 Å². The standard InChI is InChI=1S/C14H14O3/c1-16-12-4-3-5-13(17-2)14(12)10-6-8-11(15)9-7-10/h3-9,15H,1-2H3. The lowest BCUT2D eigenvalue weighted by Crippen LogP contribution is -1.92. The van der Waals surface area contributed by atoms with Gasteiger partial charge in [-0.15, -0.1) is 0 Å². The van der Waals surface area contributed by atoms with Crippen molar-refractivity contribution in [2.45, 2.75) is 0 Å². The number of methoxy groups -OCH3 is 2. The third-order valence-corrected chi connectivity index (χ3v) is 2.58. The number of hydrogen-bond acceptors (Lipinski definition) is 3. The number of hydrogen-bond donors (Lipinski definition) is 1. The molecule has 0 saturated carbocycles. The Balaban J connectivity index is 2.59. The maximum absolute atomic E-state index is 9.29. The largest absolute Gasteiger partial charge is 0.508 e. The first kappa shape index (κ1) is 11.3. The second kappa shape index (κ2) is 4.78. The van der Waals surface area contributed by atoms with Crippen molar-refractivity contribution in [2.24, 2.45) is 0 Å². The van der Waals surface area contributed by atoms with Crippen molar-refractivity contribution in [1.82, 2.24) is 0 Å². The van der Waals surface area contributed by atoms with E-state index in [1.54, 1.807) is 26.4 Å². The lowest BCUT2D eigenvalue weighted by Gasteiger charge is -2.13. The minimum absolute atomic E-state index is 0.239. The van der Waals surface area contributed by atoms with E-state index in [1.165, 1.54) is 0 Å². The minimum atomic E-state index is 0.239. The summed E-state index contributed by atoms with van der Waals surface area (Å²) in [6.07, 6.45) is 0. The molecule has 1 N–H and O–H groups in total. The summed E-state index contributed by atoms with van der Waals surface area (Å²) in [5.41, 5.74) is 1.83.